The number of hydrogen-bond donors (Lipinski definition) is 0. The molecule has 0 aromatic carbocycles. The van der Waals surface area contributed by atoms with Crippen LogP contribution in [-0.4, -0.2) is 10.5 Å². The zero-order valence-electron chi connectivity index (χ0n) is 6.97. The lowest BCUT2D eigenvalue weighted by Gasteiger charge is -2.13. The van der Waals surface area contributed by atoms with Gasteiger partial charge in [-0.2, -0.15) is 0 Å². The Morgan fingerprint density at radius 2 is 1.90 bits per heavy atom. The third kappa shape index (κ3) is 7.76. The first kappa shape index (κ1) is 9.76. The van der Waals surface area contributed by atoms with Gasteiger partial charge in [-0.3, -0.25) is 4.79 Å². The smallest absolute Gasteiger partial charge is 0.153 e. The van der Waals surface area contributed by atoms with Crippen LogP contribution in [-0.2, 0) is 4.79 Å². The Bertz CT molecular complexity index is 142. The first-order valence-corrected chi connectivity index (χ1v) is 4.15. The van der Waals surface area contributed by atoms with Crippen molar-refractivity contribution in [3.63, 3.8) is 0 Å². The Hall–Kier alpha value is -0.240. The molecule has 0 atom stereocenters. The van der Waals surface area contributed by atoms with Crippen LogP contribution in [0.5, 0.6) is 0 Å². The largest absolute Gasteiger partial charge is 0.295 e. The fourth-order valence-electron chi connectivity index (χ4n) is 0.334. The highest BCUT2D eigenvalue weighted by atomic mass is 32.2. The molecule has 0 saturated carbocycles. The molecule has 0 aromatic rings. The highest BCUT2D eigenvalue weighted by Gasteiger charge is 2.06. The van der Waals surface area contributed by atoms with Gasteiger partial charge in [-0.25, -0.2) is 0 Å². The van der Waals surface area contributed by atoms with Gasteiger partial charge in [-0.1, -0.05) is 20.8 Å². The molecule has 0 spiro atoms. The molecule has 0 amide bonds. The van der Waals surface area contributed by atoms with Gasteiger partial charge in [-0.05, 0) is 18.4 Å². The second-order valence-electron chi connectivity index (χ2n) is 3.14. The summed E-state index contributed by atoms with van der Waals surface area (Å²) in [6, 6.07) is 0. The summed E-state index contributed by atoms with van der Waals surface area (Å²) >= 11 is 1.66. The van der Waals surface area contributed by atoms with Crippen molar-refractivity contribution >= 4 is 17.5 Å². The highest BCUT2D eigenvalue weighted by Crippen LogP contribution is 2.23. The summed E-state index contributed by atoms with van der Waals surface area (Å²) in [7, 11) is 0. The Balaban J connectivity index is 3.64. The maximum absolute atomic E-state index is 10.4. The predicted octanol–water partition coefficient (Wildman–Crippen LogP) is 2.62. The van der Waals surface area contributed by atoms with Crippen LogP contribution in [0.1, 0.15) is 27.7 Å². The maximum Gasteiger partial charge on any atom is 0.153 e. The van der Waals surface area contributed by atoms with Gasteiger partial charge in [0.1, 0.15) is 0 Å². The molecule has 0 bridgehead atoms. The van der Waals surface area contributed by atoms with Gasteiger partial charge in [0.15, 0.2) is 5.78 Å². The van der Waals surface area contributed by atoms with E-state index < -0.39 is 0 Å². The van der Waals surface area contributed by atoms with E-state index in [0.29, 0.717) is 0 Å². The average Bonchev–Trinajstić information content (AvgIpc) is 1.59. The lowest BCUT2D eigenvalue weighted by molar-refractivity contribution is -0.112. The van der Waals surface area contributed by atoms with Crippen LogP contribution in [0.4, 0.5) is 0 Å². The fraction of sp³-hybridized carbons (Fsp3) is 0.625. The topological polar surface area (TPSA) is 17.1 Å². The molecule has 0 saturated heterocycles. The summed E-state index contributed by atoms with van der Waals surface area (Å²) in [6.07, 6.45) is 1.59. The third-order valence-corrected chi connectivity index (χ3v) is 1.70. The van der Waals surface area contributed by atoms with Crippen molar-refractivity contribution in [2.45, 2.75) is 32.4 Å². The zero-order chi connectivity index (χ0) is 8.20. The number of ketones is 1. The van der Waals surface area contributed by atoms with Gasteiger partial charge >= 0.3 is 0 Å². The quantitative estimate of drug-likeness (QED) is 0.575. The van der Waals surface area contributed by atoms with Crippen molar-refractivity contribution in [3.05, 3.63) is 11.5 Å². The molecular weight excluding hydrogens is 144 g/mol. The van der Waals surface area contributed by atoms with E-state index in [0.717, 1.165) is 0 Å². The summed E-state index contributed by atoms with van der Waals surface area (Å²) in [5, 5.41) is 1.85. The van der Waals surface area contributed by atoms with Crippen molar-refractivity contribution < 1.29 is 4.79 Å². The molecule has 0 N–H and O–H groups in total. The van der Waals surface area contributed by atoms with E-state index in [9.17, 15) is 4.79 Å². The minimum absolute atomic E-state index is 0.108. The van der Waals surface area contributed by atoms with Crippen LogP contribution >= 0.6 is 11.8 Å². The van der Waals surface area contributed by atoms with E-state index in [4.69, 9.17) is 0 Å². The molecule has 0 radical (unpaired) electrons. The molecule has 10 heavy (non-hydrogen) atoms. The second-order valence-corrected chi connectivity index (χ2v) is 4.88. The zero-order valence-corrected chi connectivity index (χ0v) is 7.79. The molecular formula is C8H14OS. The molecule has 2 heteroatoms. The summed E-state index contributed by atoms with van der Waals surface area (Å²) in [5.41, 5.74) is 0. The van der Waals surface area contributed by atoms with Crippen molar-refractivity contribution in [2.75, 3.05) is 0 Å². The van der Waals surface area contributed by atoms with Crippen LogP contribution < -0.4 is 0 Å². The molecule has 1 nitrogen and oxygen atoms in total. The van der Waals surface area contributed by atoms with E-state index in [1.165, 1.54) is 0 Å². The summed E-state index contributed by atoms with van der Waals surface area (Å²) in [6.45, 7) is 7.89. The lowest BCUT2D eigenvalue weighted by Crippen LogP contribution is -2.04. The molecule has 0 aliphatic heterocycles. The minimum atomic E-state index is 0.108. The van der Waals surface area contributed by atoms with Gasteiger partial charge < -0.3 is 0 Å². The van der Waals surface area contributed by atoms with Gasteiger partial charge in [0.05, 0.1) is 0 Å². The first-order valence-electron chi connectivity index (χ1n) is 3.27. The van der Waals surface area contributed by atoms with Crippen LogP contribution in [0.25, 0.3) is 0 Å². The SMILES string of the molecule is CC(=O)/C=C/SC(C)(C)C. The van der Waals surface area contributed by atoms with Gasteiger partial charge in [-0.15, -0.1) is 11.8 Å². The molecule has 0 aliphatic carbocycles. The standard InChI is InChI=1S/C8H14OS/c1-7(9)5-6-10-8(2,3)4/h5-6H,1-4H3/b6-5+. The molecule has 0 aromatic heterocycles. The Morgan fingerprint density at radius 3 is 2.20 bits per heavy atom. The number of thioether (sulfide) groups is 1. The third-order valence-electron chi connectivity index (χ3n) is 0.724. The number of hydrogen-bond acceptors (Lipinski definition) is 2. The summed E-state index contributed by atoms with van der Waals surface area (Å²) in [4.78, 5) is 10.4. The van der Waals surface area contributed by atoms with Crippen LogP contribution in [0.3, 0.4) is 0 Å². The first-order chi connectivity index (χ1) is 4.42. The van der Waals surface area contributed by atoms with E-state index >= 15 is 0 Å². The van der Waals surface area contributed by atoms with E-state index in [2.05, 4.69) is 20.8 Å². The molecule has 58 valence electrons. The van der Waals surface area contributed by atoms with Crippen LogP contribution in [0.15, 0.2) is 11.5 Å². The van der Waals surface area contributed by atoms with Crippen LogP contribution in [0.2, 0.25) is 0 Å². The van der Waals surface area contributed by atoms with Crippen molar-refractivity contribution in [2.24, 2.45) is 0 Å². The predicted molar refractivity (Wildman–Crippen MR) is 47.2 cm³/mol. The van der Waals surface area contributed by atoms with Gasteiger partial charge in [0, 0.05) is 4.75 Å². The van der Waals surface area contributed by atoms with E-state index in [1.54, 1.807) is 24.8 Å². The summed E-state index contributed by atoms with van der Waals surface area (Å²) < 4.78 is 0.214. The van der Waals surface area contributed by atoms with Gasteiger partial charge in [0.25, 0.3) is 0 Å². The lowest BCUT2D eigenvalue weighted by atomic mass is 10.3. The monoisotopic (exact) mass is 158 g/mol. The Kier molecular flexibility index (Phi) is 3.72. The van der Waals surface area contributed by atoms with Gasteiger partial charge in [0.2, 0.25) is 0 Å². The normalized spacial score (nSPS) is 12.4. The minimum Gasteiger partial charge on any atom is -0.295 e. The molecule has 0 heterocycles. The molecule has 0 unspecified atom stereocenters. The van der Waals surface area contributed by atoms with E-state index in [-0.39, 0.29) is 10.5 Å². The van der Waals surface area contributed by atoms with Crippen molar-refractivity contribution in [1.29, 1.82) is 0 Å². The van der Waals surface area contributed by atoms with Crippen molar-refractivity contribution in [1.82, 2.24) is 0 Å². The average molecular weight is 158 g/mol. The van der Waals surface area contributed by atoms with Crippen molar-refractivity contribution in [3.8, 4) is 0 Å². The molecule has 0 aliphatic rings. The number of carbonyl (C=O) groups excluding carboxylic acids is 1. The molecule has 0 fully saturated rings. The highest BCUT2D eigenvalue weighted by molar-refractivity contribution is 8.03. The number of allylic oxidation sites excluding steroid dienone is 1. The maximum atomic E-state index is 10.4. The fourth-order valence-corrected chi connectivity index (χ4v) is 1.00. The Labute approximate surface area is 66.9 Å². The number of carbonyl (C=O) groups is 1. The Morgan fingerprint density at radius 1 is 1.40 bits per heavy atom. The number of rotatable bonds is 2. The second kappa shape index (κ2) is 3.81. The van der Waals surface area contributed by atoms with Crippen LogP contribution in [0, 0.1) is 0 Å². The molecule has 0 rings (SSSR count). The summed E-state index contributed by atoms with van der Waals surface area (Å²) in [5.74, 6) is 0.108. The van der Waals surface area contributed by atoms with E-state index in [1.807, 2.05) is 5.41 Å².